The van der Waals surface area contributed by atoms with Gasteiger partial charge in [-0.2, -0.15) is 5.10 Å². The maximum atomic E-state index is 12.7. The molecule has 0 radical (unpaired) electrons. The van der Waals surface area contributed by atoms with Gasteiger partial charge >= 0.3 is 0 Å². The van der Waals surface area contributed by atoms with Crippen LogP contribution < -0.4 is 0 Å². The minimum absolute atomic E-state index is 0.222. The Kier molecular flexibility index (Phi) is 4.10. The fraction of sp³-hybridized carbons (Fsp3) is 0.176. The van der Waals surface area contributed by atoms with Crippen LogP contribution in [-0.2, 0) is 0 Å². The fourth-order valence-corrected chi connectivity index (χ4v) is 3.79. The molecule has 0 bridgehead atoms. The van der Waals surface area contributed by atoms with Crippen LogP contribution >= 0.6 is 22.9 Å². The predicted octanol–water partition coefficient (Wildman–Crippen LogP) is 3.89. The molecule has 1 aliphatic rings. The first kappa shape index (κ1) is 16.0. The molecular weight excluding hydrogens is 358 g/mol. The second-order valence-electron chi connectivity index (χ2n) is 5.55. The number of carbonyl (C=O) groups is 1. The summed E-state index contributed by atoms with van der Waals surface area (Å²) in [5, 5.41) is 4.63. The van der Waals surface area contributed by atoms with E-state index in [-0.39, 0.29) is 5.91 Å². The van der Waals surface area contributed by atoms with Crippen molar-refractivity contribution in [3.05, 3.63) is 51.8 Å². The number of rotatable bonds is 3. The maximum Gasteiger partial charge on any atom is 0.288 e. The minimum Gasteiger partial charge on any atom is -0.294 e. The third-order valence-corrected chi connectivity index (χ3v) is 5.19. The highest BCUT2D eigenvalue weighted by atomic mass is 35.5. The quantitative estimate of drug-likeness (QED) is 0.701. The number of allylic oxidation sites excluding steroid dienone is 1. The lowest BCUT2D eigenvalue weighted by Crippen LogP contribution is -2.26. The molecule has 0 N–H and O–H groups in total. The van der Waals surface area contributed by atoms with E-state index in [4.69, 9.17) is 11.6 Å². The van der Waals surface area contributed by atoms with E-state index in [9.17, 15) is 4.79 Å². The number of hydrogen-bond donors (Lipinski definition) is 0. The molecule has 1 aliphatic heterocycles. The number of fused-ring (bicyclic) bond motifs is 1. The van der Waals surface area contributed by atoms with Crippen molar-refractivity contribution in [2.45, 2.75) is 12.8 Å². The van der Waals surface area contributed by atoms with Gasteiger partial charge in [0.1, 0.15) is 15.9 Å². The Morgan fingerprint density at radius 3 is 3.04 bits per heavy atom. The Bertz CT molecular complexity index is 1020. The zero-order chi connectivity index (χ0) is 17.4. The predicted molar refractivity (Wildman–Crippen MR) is 99.2 cm³/mol. The standard InChI is InChI=1S/C17H14ClN5OS/c1-22(13-7-2-4-8-19-13)17(24)16-21-14(15(18)25-16)11-10-20-23-9-5-3-6-12(11)23/h3,5-10H,2,4H2,1H3. The van der Waals surface area contributed by atoms with Crippen LogP contribution in [0.2, 0.25) is 4.34 Å². The largest absolute Gasteiger partial charge is 0.294 e. The highest BCUT2D eigenvalue weighted by Gasteiger charge is 2.23. The summed E-state index contributed by atoms with van der Waals surface area (Å²) in [7, 11) is 1.70. The molecule has 0 unspecified atom stereocenters. The monoisotopic (exact) mass is 371 g/mol. The van der Waals surface area contributed by atoms with Gasteiger partial charge in [0.05, 0.1) is 11.7 Å². The molecular formula is C17H14ClN5OS. The molecule has 4 heterocycles. The van der Waals surface area contributed by atoms with E-state index in [1.807, 2.05) is 36.7 Å². The maximum absolute atomic E-state index is 12.7. The van der Waals surface area contributed by atoms with Gasteiger partial charge in [-0.1, -0.05) is 29.0 Å². The molecule has 0 fully saturated rings. The number of aromatic nitrogens is 3. The summed E-state index contributed by atoms with van der Waals surface area (Å²) in [6.07, 6.45) is 9.10. The molecule has 0 spiro atoms. The van der Waals surface area contributed by atoms with Crippen LogP contribution in [0.3, 0.4) is 0 Å². The van der Waals surface area contributed by atoms with E-state index in [2.05, 4.69) is 15.1 Å². The van der Waals surface area contributed by atoms with E-state index in [1.165, 1.54) is 16.2 Å². The number of aliphatic imine (C=N–C) groups is 1. The molecule has 0 aliphatic carbocycles. The molecule has 126 valence electrons. The van der Waals surface area contributed by atoms with Crippen LogP contribution in [0.25, 0.3) is 16.8 Å². The van der Waals surface area contributed by atoms with Crippen molar-refractivity contribution >= 4 is 40.6 Å². The van der Waals surface area contributed by atoms with Gasteiger partial charge in [-0.05, 0) is 31.1 Å². The number of thiazole rings is 1. The number of amides is 1. The highest BCUT2D eigenvalue weighted by molar-refractivity contribution is 7.18. The fourth-order valence-electron chi connectivity index (χ4n) is 2.64. The number of nitrogens with zero attached hydrogens (tertiary/aromatic N) is 5. The van der Waals surface area contributed by atoms with Crippen LogP contribution in [0.15, 0.2) is 47.5 Å². The molecule has 8 heteroatoms. The van der Waals surface area contributed by atoms with Crippen LogP contribution in [0, 0.1) is 0 Å². The average molecular weight is 372 g/mol. The van der Waals surface area contributed by atoms with Crippen LogP contribution in [0.5, 0.6) is 0 Å². The molecule has 4 rings (SSSR count). The van der Waals surface area contributed by atoms with Crippen molar-refractivity contribution < 1.29 is 4.79 Å². The summed E-state index contributed by atoms with van der Waals surface area (Å²) in [5.74, 6) is 0.417. The summed E-state index contributed by atoms with van der Waals surface area (Å²) < 4.78 is 2.22. The highest BCUT2D eigenvalue weighted by Crippen LogP contribution is 2.35. The molecule has 1 amide bonds. The first-order chi connectivity index (χ1) is 12.1. The molecule has 25 heavy (non-hydrogen) atoms. The first-order valence-electron chi connectivity index (χ1n) is 7.75. The molecule has 6 nitrogen and oxygen atoms in total. The van der Waals surface area contributed by atoms with E-state index >= 15 is 0 Å². The van der Waals surface area contributed by atoms with E-state index in [0.717, 1.165) is 23.9 Å². The van der Waals surface area contributed by atoms with E-state index in [0.29, 0.717) is 20.9 Å². The van der Waals surface area contributed by atoms with Crippen LogP contribution in [0.4, 0.5) is 0 Å². The molecule has 0 saturated heterocycles. The molecule has 3 aromatic heterocycles. The van der Waals surface area contributed by atoms with E-state index in [1.54, 1.807) is 17.8 Å². The summed E-state index contributed by atoms with van der Waals surface area (Å²) in [4.78, 5) is 23.0. The third kappa shape index (κ3) is 2.85. The van der Waals surface area contributed by atoms with Crippen molar-refractivity contribution in [3.63, 3.8) is 0 Å². The number of hydrogen-bond acceptors (Lipinski definition) is 5. The van der Waals surface area contributed by atoms with Gasteiger partial charge in [0.15, 0.2) is 5.01 Å². The zero-order valence-electron chi connectivity index (χ0n) is 13.4. The van der Waals surface area contributed by atoms with Gasteiger partial charge in [0.25, 0.3) is 5.91 Å². The SMILES string of the molecule is CN(C(=O)c1nc(-c2cnn3ccccc23)c(Cl)s1)C1=CCCC=N1. The smallest absolute Gasteiger partial charge is 0.288 e. The average Bonchev–Trinajstić information content (AvgIpc) is 3.24. The van der Waals surface area contributed by atoms with Gasteiger partial charge < -0.3 is 0 Å². The number of halogens is 1. The van der Waals surface area contributed by atoms with Crippen molar-refractivity contribution in [3.8, 4) is 11.3 Å². The van der Waals surface area contributed by atoms with E-state index < -0.39 is 0 Å². The van der Waals surface area contributed by atoms with Crippen molar-refractivity contribution in [2.75, 3.05) is 7.05 Å². The van der Waals surface area contributed by atoms with Gasteiger partial charge in [0, 0.05) is 25.0 Å². The van der Waals surface area contributed by atoms with Crippen LogP contribution in [-0.4, -0.2) is 38.7 Å². The Balaban J connectivity index is 1.69. The number of pyridine rings is 1. The minimum atomic E-state index is -0.222. The summed E-state index contributed by atoms with van der Waals surface area (Å²) in [6, 6.07) is 5.76. The topological polar surface area (TPSA) is 62.9 Å². The second-order valence-corrected chi connectivity index (χ2v) is 7.15. The lowest BCUT2D eigenvalue weighted by atomic mass is 10.2. The van der Waals surface area contributed by atoms with Crippen molar-refractivity contribution in [2.24, 2.45) is 4.99 Å². The Morgan fingerprint density at radius 1 is 1.36 bits per heavy atom. The lowest BCUT2D eigenvalue weighted by Gasteiger charge is -2.17. The summed E-state index contributed by atoms with van der Waals surface area (Å²) in [6.45, 7) is 0. The van der Waals surface area contributed by atoms with Gasteiger partial charge in [-0.15, -0.1) is 0 Å². The van der Waals surface area contributed by atoms with Crippen molar-refractivity contribution in [1.29, 1.82) is 0 Å². The normalized spacial score (nSPS) is 13.9. The van der Waals surface area contributed by atoms with Crippen molar-refractivity contribution in [1.82, 2.24) is 19.5 Å². The summed E-state index contributed by atoms with van der Waals surface area (Å²) in [5.41, 5.74) is 2.27. The van der Waals surface area contributed by atoms with Crippen LogP contribution in [0.1, 0.15) is 22.6 Å². The molecule has 0 saturated carbocycles. The number of carbonyl (C=O) groups excluding carboxylic acids is 1. The third-order valence-electron chi connectivity index (χ3n) is 3.94. The zero-order valence-corrected chi connectivity index (χ0v) is 15.0. The van der Waals surface area contributed by atoms with Gasteiger partial charge in [-0.3, -0.25) is 9.69 Å². The molecule has 0 aromatic carbocycles. The molecule has 3 aromatic rings. The first-order valence-corrected chi connectivity index (χ1v) is 8.94. The van der Waals surface area contributed by atoms with Gasteiger partial charge in [-0.25, -0.2) is 14.5 Å². The molecule has 0 atom stereocenters. The second kappa shape index (κ2) is 6.42. The Labute approximate surface area is 153 Å². The Hall–Kier alpha value is -2.51. The summed E-state index contributed by atoms with van der Waals surface area (Å²) >= 11 is 7.54. The van der Waals surface area contributed by atoms with Gasteiger partial charge in [0.2, 0.25) is 0 Å². The lowest BCUT2D eigenvalue weighted by molar-refractivity contribution is 0.0834. The Morgan fingerprint density at radius 2 is 2.24 bits per heavy atom.